The van der Waals surface area contributed by atoms with Gasteiger partial charge in [-0.05, 0) is 31.1 Å². The SMILES string of the molecule is C1CN=C(C2CC3CCC2C3)OC1. The van der Waals surface area contributed by atoms with E-state index in [0.29, 0.717) is 5.92 Å². The Hall–Kier alpha value is -0.530. The van der Waals surface area contributed by atoms with Crippen LogP contribution in [0.4, 0.5) is 0 Å². The Bertz CT molecular complexity index is 236. The first-order valence-corrected chi connectivity index (χ1v) is 5.60. The molecule has 0 aromatic heterocycles. The van der Waals surface area contributed by atoms with Gasteiger partial charge in [-0.2, -0.15) is 0 Å². The van der Waals surface area contributed by atoms with E-state index in [4.69, 9.17) is 4.74 Å². The lowest BCUT2D eigenvalue weighted by Crippen LogP contribution is -2.26. The molecule has 2 fully saturated rings. The molecule has 0 aromatic carbocycles. The summed E-state index contributed by atoms with van der Waals surface area (Å²) in [6.45, 7) is 1.91. The number of rotatable bonds is 1. The van der Waals surface area contributed by atoms with Gasteiger partial charge in [0.1, 0.15) is 0 Å². The van der Waals surface area contributed by atoms with Crippen molar-refractivity contribution < 1.29 is 4.74 Å². The number of aliphatic imine (C=N–C) groups is 1. The van der Waals surface area contributed by atoms with Gasteiger partial charge in [-0.15, -0.1) is 0 Å². The molecule has 0 amide bonds. The molecule has 3 atom stereocenters. The second-order valence-corrected chi connectivity index (χ2v) is 4.70. The van der Waals surface area contributed by atoms with Gasteiger partial charge in [-0.3, -0.25) is 4.99 Å². The molecule has 1 aliphatic heterocycles. The van der Waals surface area contributed by atoms with Crippen LogP contribution in [-0.4, -0.2) is 19.0 Å². The maximum absolute atomic E-state index is 5.66. The molecular weight excluding hydrogens is 162 g/mol. The van der Waals surface area contributed by atoms with Crippen molar-refractivity contribution in [2.24, 2.45) is 22.7 Å². The molecule has 2 aliphatic carbocycles. The predicted octanol–water partition coefficient (Wildman–Crippen LogP) is 2.24. The van der Waals surface area contributed by atoms with Gasteiger partial charge in [-0.1, -0.05) is 6.42 Å². The van der Waals surface area contributed by atoms with Crippen LogP contribution in [0.3, 0.4) is 0 Å². The summed E-state index contributed by atoms with van der Waals surface area (Å²) in [6.07, 6.45) is 6.83. The Balaban J connectivity index is 1.75. The van der Waals surface area contributed by atoms with E-state index in [0.717, 1.165) is 37.3 Å². The van der Waals surface area contributed by atoms with Gasteiger partial charge in [0.05, 0.1) is 6.61 Å². The zero-order chi connectivity index (χ0) is 8.67. The lowest BCUT2D eigenvalue weighted by Gasteiger charge is -2.25. The van der Waals surface area contributed by atoms with Crippen molar-refractivity contribution in [3.05, 3.63) is 0 Å². The quantitative estimate of drug-likeness (QED) is 0.605. The van der Waals surface area contributed by atoms with Crippen LogP contribution >= 0.6 is 0 Å². The monoisotopic (exact) mass is 179 g/mol. The molecule has 2 bridgehead atoms. The molecule has 3 aliphatic rings. The topological polar surface area (TPSA) is 21.6 Å². The number of fused-ring (bicyclic) bond motifs is 2. The van der Waals surface area contributed by atoms with Crippen LogP contribution in [0.25, 0.3) is 0 Å². The van der Waals surface area contributed by atoms with Gasteiger partial charge in [0.2, 0.25) is 0 Å². The summed E-state index contributed by atoms with van der Waals surface area (Å²) < 4.78 is 5.66. The third-order valence-corrected chi connectivity index (χ3v) is 3.88. The van der Waals surface area contributed by atoms with Crippen molar-refractivity contribution in [3.8, 4) is 0 Å². The van der Waals surface area contributed by atoms with Gasteiger partial charge < -0.3 is 4.74 Å². The number of ether oxygens (including phenoxy) is 1. The van der Waals surface area contributed by atoms with Gasteiger partial charge in [0.15, 0.2) is 5.90 Å². The van der Waals surface area contributed by atoms with Gasteiger partial charge in [-0.25, -0.2) is 0 Å². The number of nitrogens with zero attached hydrogens (tertiary/aromatic N) is 1. The van der Waals surface area contributed by atoms with Crippen LogP contribution < -0.4 is 0 Å². The standard InChI is InChI=1S/C11H17NO/c1-4-12-11(13-5-1)10-7-8-2-3-9(10)6-8/h8-10H,1-7H2. The molecule has 13 heavy (non-hydrogen) atoms. The van der Waals surface area contributed by atoms with E-state index in [1.165, 1.54) is 25.7 Å². The van der Waals surface area contributed by atoms with Crippen molar-refractivity contribution in [2.45, 2.75) is 32.1 Å². The molecule has 2 saturated carbocycles. The Labute approximate surface area is 79.4 Å². The van der Waals surface area contributed by atoms with E-state index < -0.39 is 0 Å². The highest BCUT2D eigenvalue weighted by Crippen LogP contribution is 2.49. The van der Waals surface area contributed by atoms with Gasteiger partial charge >= 0.3 is 0 Å². The molecule has 0 spiro atoms. The average molecular weight is 179 g/mol. The van der Waals surface area contributed by atoms with Crippen LogP contribution in [-0.2, 0) is 4.74 Å². The normalized spacial score (nSPS) is 43.1. The van der Waals surface area contributed by atoms with Crippen molar-refractivity contribution in [2.75, 3.05) is 13.2 Å². The number of hydrogen-bond donors (Lipinski definition) is 0. The van der Waals surface area contributed by atoms with E-state index in [-0.39, 0.29) is 0 Å². The highest BCUT2D eigenvalue weighted by Gasteiger charge is 2.42. The molecule has 3 rings (SSSR count). The summed E-state index contributed by atoms with van der Waals surface area (Å²) in [6, 6.07) is 0. The van der Waals surface area contributed by atoms with E-state index in [1.54, 1.807) is 0 Å². The molecule has 0 radical (unpaired) electrons. The molecule has 0 aromatic rings. The lowest BCUT2D eigenvalue weighted by atomic mass is 9.88. The minimum Gasteiger partial charge on any atom is -0.481 e. The Morgan fingerprint density at radius 3 is 2.85 bits per heavy atom. The first-order valence-electron chi connectivity index (χ1n) is 5.60. The zero-order valence-electron chi connectivity index (χ0n) is 8.04. The molecular formula is C11H17NO. The Morgan fingerprint density at radius 2 is 2.23 bits per heavy atom. The lowest BCUT2D eigenvalue weighted by molar-refractivity contribution is 0.238. The third-order valence-electron chi connectivity index (χ3n) is 3.88. The number of hydrogen-bond acceptors (Lipinski definition) is 2. The molecule has 0 N–H and O–H groups in total. The average Bonchev–Trinajstić information content (AvgIpc) is 2.80. The second kappa shape index (κ2) is 3.00. The van der Waals surface area contributed by atoms with Gasteiger partial charge in [0, 0.05) is 18.9 Å². The van der Waals surface area contributed by atoms with Crippen molar-refractivity contribution in [3.63, 3.8) is 0 Å². The van der Waals surface area contributed by atoms with Gasteiger partial charge in [0.25, 0.3) is 0 Å². The zero-order valence-corrected chi connectivity index (χ0v) is 8.04. The molecule has 72 valence electrons. The summed E-state index contributed by atoms with van der Waals surface area (Å²) in [5.41, 5.74) is 0. The maximum atomic E-state index is 5.66. The summed E-state index contributed by atoms with van der Waals surface area (Å²) in [5.74, 6) is 3.74. The second-order valence-electron chi connectivity index (χ2n) is 4.70. The summed E-state index contributed by atoms with van der Waals surface area (Å²) in [4.78, 5) is 4.52. The van der Waals surface area contributed by atoms with Crippen molar-refractivity contribution >= 4 is 5.90 Å². The summed E-state index contributed by atoms with van der Waals surface area (Å²) in [5, 5.41) is 0. The smallest absolute Gasteiger partial charge is 0.186 e. The van der Waals surface area contributed by atoms with Crippen LogP contribution in [0, 0.1) is 17.8 Å². The van der Waals surface area contributed by atoms with E-state index >= 15 is 0 Å². The van der Waals surface area contributed by atoms with E-state index in [2.05, 4.69) is 4.99 Å². The fraction of sp³-hybridized carbons (Fsp3) is 0.909. The fourth-order valence-corrected chi connectivity index (χ4v) is 3.25. The molecule has 2 heteroatoms. The molecule has 3 unspecified atom stereocenters. The van der Waals surface area contributed by atoms with Crippen molar-refractivity contribution in [1.29, 1.82) is 0 Å². The highest BCUT2D eigenvalue weighted by atomic mass is 16.5. The predicted molar refractivity (Wildman–Crippen MR) is 51.8 cm³/mol. The van der Waals surface area contributed by atoms with Crippen molar-refractivity contribution in [1.82, 2.24) is 0 Å². The van der Waals surface area contributed by atoms with Crippen LogP contribution in [0.5, 0.6) is 0 Å². The first-order chi connectivity index (χ1) is 6.43. The van der Waals surface area contributed by atoms with E-state index in [1.807, 2.05) is 0 Å². The Morgan fingerprint density at radius 1 is 1.23 bits per heavy atom. The minimum absolute atomic E-state index is 0.707. The summed E-state index contributed by atoms with van der Waals surface area (Å²) in [7, 11) is 0. The Kier molecular flexibility index (Phi) is 1.81. The fourth-order valence-electron chi connectivity index (χ4n) is 3.25. The summed E-state index contributed by atoms with van der Waals surface area (Å²) >= 11 is 0. The largest absolute Gasteiger partial charge is 0.481 e. The highest BCUT2D eigenvalue weighted by molar-refractivity contribution is 5.80. The molecule has 2 nitrogen and oxygen atoms in total. The van der Waals surface area contributed by atoms with Crippen LogP contribution in [0.15, 0.2) is 4.99 Å². The third kappa shape index (κ3) is 1.27. The van der Waals surface area contributed by atoms with Crippen LogP contribution in [0.2, 0.25) is 0 Å². The minimum atomic E-state index is 0.707. The van der Waals surface area contributed by atoms with E-state index in [9.17, 15) is 0 Å². The molecule has 1 heterocycles. The maximum Gasteiger partial charge on any atom is 0.186 e. The first kappa shape index (κ1) is 7.84. The molecule has 0 saturated heterocycles. The van der Waals surface area contributed by atoms with Crippen LogP contribution in [0.1, 0.15) is 32.1 Å².